The Morgan fingerprint density at radius 1 is 1.13 bits per heavy atom. The van der Waals surface area contributed by atoms with Crippen LogP contribution in [0, 0.1) is 6.92 Å². The fraction of sp³-hybridized carbons (Fsp3) is 0.571. The summed E-state index contributed by atoms with van der Waals surface area (Å²) in [5.41, 5.74) is 2.18. The first kappa shape index (κ1) is 10.7. The molecule has 82 valence electrons. The summed E-state index contributed by atoms with van der Waals surface area (Å²) < 4.78 is 0. The molecule has 1 aliphatic carbocycles. The molecule has 0 heterocycles. The summed E-state index contributed by atoms with van der Waals surface area (Å²) in [4.78, 5) is 0. The van der Waals surface area contributed by atoms with E-state index < -0.39 is 5.60 Å². The highest BCUT2D eigenvalue weighted by Gasteiger charge is 2.29. The molecule has 0 aliphatic heterocycles. The van der Waals surface area contributed by atoms with Gasteiger partial charge in [-0.3, -0.25) is 0 Å². The summed E-state index contributed by atoms with van der Waals surface area (Å²) in [6.07, 6.45) is 6.43. The molecule has 0 amide bonds. The van der Waals surface area contributed by atoms with Crippen LogP contribution in [0.2, 0.25) is 0 Å². The van der Waals surface area contributed by atoms with E-state index >= 15 is 0 Å². The van der Waals surface area contributed by atoms with Crippen LogP contribution in [0.5, 0.6) is 0 Å². The van der Waals surface area contributed by atoms with Gasteiger partial charge < -0.3 is 5.11 Å². The van der Waals surface area contributed by atoms with E-state index in [2.05, 4.69) is 31.2 Å². The number of rotatable bonds is 2. The summed E-state index contributed by atoms with van der Waals surface area (Å²) in [6.45, 7) is 2.13. The Labute approximate surface area is 92.1 Å². The summed E-state index contributed by atoms with van der Waals surface area (Å²) in [5, 5.41) is 10.4. The molecule has 0 unspecified atom stereocenters. The zero-order valence-electron chi connectivity index (χ0n) is 9.50. The second kappa shape index (κ2) is 4.36. The summed E-state index contributed by atoms with van der Waals surface area (Å²) >= 11 is 0. The van der Waals surface area contributed by atoms with Gasteiger partial charge in [0.1, 0.15) is 0 Å². The second-order valence-corrected chi connectivity index (χ2v) is 4.89. The van der Waals surface area contributed by atoms with E-state index in [1.54, 1.807) is 0 Å². The van der Waals surface area contributed by atoms with Gasteiger partial charge in [0.25, 0.3) is 0 Å². The molecule has 1 saturated carbocycles. The van der Waals surface area contributed by atoms with E-state index in [0.29, 0.717) is 0 Å². The normalized spacial score (nSPS) is 20.1. The van der Waals surface area contributed by atoms with Gasteiger partial charge in [-0.25, -0.2) is 0 Å². The first-order chi connectivity index (χ1) is 7.20. The number of hydrogen-bond donors (Lipinski definition) is 1. The van der Waals surface area contributed by atoms with Crippen LogP contribution < -0.4 is 0 Å². The van der Waals surface area contributed by atoms with Crippen molar-refractivity contribution < 1.29 is 5.11 Å². The average molecular weight is 204 g/mol. The Morgan fingerprint density at radius 3 is 2.47 bits per heavy atom. The van der Waals surface area contributed by atoms with Gasteiger partial charge in [0.2, 0.25) is 0 Å². The van der Waals surface area contributed by atoms with Crippen LogP contribution in [0.25, 0.3) is 0 Å². The fourth-order valence-electron chi connectivity index (χ4n) is 2.55. The first-order valence-electron chi connectivity index (χ1n) is 5.97. The highest BCUT2D eigenvalue weighted by molar-refractivity contribution is 5.27. The van der Waals surface area contributed by atoms with Gasteiger partial charge in [0, 0.05) is 6.42 Å². The van der Waals surface area contributed by atoms with Crippen molar-refractivity contribution in [2.45, 2.75) is 51.0 Å². The molecule has 1 aromatic rings. The molecule has 2 rings (SSSR count). The molecule has 1 heteroatoms. The van der Waals surface area contributed by atoms with Gasteiger partial charge in [-0.15, -0.1) is 0 Å². The Morgan fingerprint density at radius 2 is 1.80 bits per heavy atom. The molecule has 15 heavy (non-hydrogen) atoms. The summed E-state index contributed by atoms with van der Waals surface area (Å²) in [7, 11) is 0. The Kier molecular flexibility index (Phi) is 3.11. The second-order valence-electron chi connectivity index (χ2n) is 4.89. The maximum absolute atomic E-state index is 10.4. The number of aryl methyl sites for hydroxylation is 1. The van der Waals surface area contributed by atoms with Crippen LogP contribution in [-0.4, -0.2) is 10.7 Å². The van der Waals surface area contributed by atoms with E-state index in [1.165, 1.54) is 30.4 Å². The molecule has 1 aliphatic rings. The molecule has 1 nitrogen and oxygen atoms in total. The highest BCUT2D eigenvalue weighted by atomic mass is 16.3. The monoisotopic (exact) mass is 204 g/mol. The van der Waals surface area contributed by atoms with Crippen molar-refractivity contribution in [2.75, 3.05) is 0 Å². The van der Waals surface area contributed by atoms with E-state index in [-0.39, 0.29) is 0 Å². The Bertz CT molecular complexity index is 324. The fourth-order valence-corrected chi connectivity index (χ4v) is 2.55. The smallest absolute Gasteiger partial charge is 0.0688 e. The third-order valence-electron chi connectivity index (χ3n) is 3.57. The van der Waals surface area contributed by atoms with Crippen molar-refractivity contribution in [3.63, 3.8) is 0 Å². The number of benzene rings is 1. The van der Waals surface area contributed by atoms with Crippen molar-refractivity contribution in [3.05, 3.63) is 35.4 Å². The van der Waals surface area contributed by atoms with E-state index in [9.17, 15) is 5.11 Å². The number of aliphatic hydroxyl groups is 1. The van der Waals surface area contributed by atoms with E-state index in [1.807, 2.05) is 0 Å². The highest BCUT2D eigenvalue weighted by Crippen LogP contribution is 2.31. The lowest BCUT2D eigenvalue weighted by molar-refractivity contribution is 0.00436. The van der Waals surface area contributed by atoms with E-state index in [4.69, 9.17) is 0 Å². The van der Waals surface area contributed by atoms with Gasteiger partial charge in [-0.05, 0) is 30.9 Å². The van der Waals surface area contributed by atoms with Crippen LogP contribution in [0.4, 0.5) is 0 Å². The molecule has 0 radical (unpaired) electrons. The van der Waals surface area contributed by atoms with Crippen LogP contribution in [-0.2, 0) is 6.42 Å². The zero-order valence-corrected chi connectivity index (χ0v) is 9.50. The maximum Gasteiger partial charge on any atom is 0.0688 e. The topological polar surface area (TPSA) is 20.2 Å². The third kappa shape index (κ3) is 2.60. The lowest BCUT2D eigenvalue weighted by Gasteiger charge is -2.32. The van der Waals surface area contributed by atoms with Crippen molar-refractivity contribution in [2.24, 2.45) is 0 Å². The average Bonchev–Trinajstić information content (AvgIpc) is 2.22. The Hall–Kier alpha value is -0.820. The predicted molar refractivity (Wildman–Crippen MR) is 62.9 cm³/mol. The molecule has 1 N–H and O–H groups in total. The zero-order chi connectivity index (χ0) is 10.7. The lowest BCUT2D eigenvalue weighted by atomic mass is 9.80. The molecule has 0 aromatic heterocycles. The molecule has 0 saturated heterocycles. The first-order valence-corrected chi connectivity index (χ1v) is 5.97. The minimum atomic E-state index is -0.426. The third-order valence-corrected chi connectivity index (χ3v) is 3.57. The molecule has 1 aromatic carbocycles. The largest absolute Gasteiger partial charge is 0.390 e. The van der Waals surface area contributed by atoms with Gasteiger partial charge in [0.15, 0.2) is 0 Å². The van der Waals surface area contributed by atoms with Crippen molar-refractivity contribution in [1.29, 1.82) is 0 Å². The van der Waals surface area contributed by atoms with Gasteiger partial charge >= 0.3 is 0 Å². The molecule has 0 spiro atoms. The SMILES string of the molecule is Cc1ccccc1CC1(O)CCCCC1. The standard InChI is InChI=1S/C14H20O/c1-12-7-3-4-8-13(12)11-14(15)9-5-2-6-10-14/h3-4,7-8,15H,2,5-6,9-11H2,1H3. The van der Waals surface area contributed by atoms with Crippen molar-refractivity contribution in [1.82, 2.24) is 0 Å². The van der Waals surface area contributed by atoms with Crippen LogP contribution >= 0.6 is 0 Å². The van der Waals surface area contributed by atoms with Crippen LogP contribution in [0.1, 0.15) is 43.2 Å². The molecule has 0 atom stereocenters. The quantitative estimate of drug-likeness (QED) is 0.784. The number of hydrogen-bond acceptors (Lipinski definition) is 1. The van der Waals surface area contributed by atoms with Crippen LogP contribution in [0.3, 0.4) is 0 Å². The van der Waals surface area contributed by atoms with Gasteiger partial charge in [-0.1, -0.05) is 43.5 Å². The molecule has 0 bridgehead atoms. The lowest BCUT2D eigenvalue weighted by Crippen LogP contribution is -2.34. The van der Waals surface area contributed by atoms with Crippen molar-refractivity contribution >= 4 is 0 Å². The minimum absolute atomic E-state index is 0.426. The summed E-state index contributed by atoms with van der Waals surface area (Å²) in [6, 6.07) is 8.39. The molecular weight excluding hydrogens is 184 g/mol. The minimum Gasteiger partial charge on any atom is -0.390 e. The van der Waals surface area contributed by atoms with Gasteiger partial charge in [-0.2, -0.15) is 0 Å². The van der Waals surface area contributed by atoms with Crippen LogP contribution in [0.15, 0.2) is 24.3 Å². The maximum atomic E-state index is 10.4. The van der Waals surface area contributed by atoms with E-state index in [0.717, 1.165) is 19.3 Å². The molecular formula is C14H20O. The predicted octanol–water partition coefficient (Wildman–Crippen LogP) is 3.23. The Balaban J connectivity index is 2.10. The molecule has 1 fully saturated rings. The van der Waals surface area contributed by atoms with Gasteiger partial charge in [0.05, 0.1) is 5.60 Å². The van der Waals surface area contributed by atoms with Crippen molar-refractivity contribution in [3.8, 4) is 0 Å². The summed E-state index contributed by atoms with van der Waals surface area (Å²) in [5.74, 6) is 0.